The molecule has 49 heavy (non-hydrogen) atoms. The number of benzene rings is 6. The first-order valence-corrected chi connectivity index (χ1v) is 18.1. The zero-order valence-electron chi connectivity index (χ0n) is 27.6. The van der Waals surface area contributed by atoms with Crippen LogP contribution in [0.5, 0.6) is 0 Å². The van der Waals surface area contributed by atoms with Crippen LogP contribution in [-0.2, 0) is 0 Å². The van der Waals surface area contributed by atoms with E-state index in [1.807, 2.05) is 12.1 Å². The molecule has 0 aliphatic heterocycles. The average molecular weight is 639 g/mol. The number of nitrogens with zero attached hydrogens (tertiary/aromatic N) is 2. The Hall–Kier alpha value is -5.15. The van der Waals surface area contributed by atoms with Crippen LogP contribution in [0, 0.1) is 23.6 Å². The van der Waals surface area contributed by atoms with Gasteiger partial charge in [-0.15, -0.1) is 0 Å². The summed E-state index contributed by atoms with van der Waals surface area (Å²) in [5.41, 5.74) is 12.0. The number of fused-ring (bicyclic) bond motifs is 8. The Labute approximate surface area is 287 Å². The summed E-state index contributed by atoms with van der Waals surface area (Å²) in [4.78, 5) is 2.29. The molecule has 2 saturated carbocycles. The predicted octanol–water partition coefficient (Wildman–Crippen LogP) is 12.7. The zero-order chi connectivity index (χ0) is 32.5. The van der Waals surface area contributed by atoms with E-state index in [9.17, 15) is 0 Å². The predicted molar refractivity (Wildman–Crippen MR) is 201 cm³/mol. The second-order valence-electron chi connectivity index (χ2n) is 14.6. The molecule has 3 aliphatic carbocycles. The molecule has 0 amide bonds. The maximum atomic E-state index is 15.1. The van der Waals surface area contributed by atoms with Gasteiger partial charge in [0.25, 0.3) is 0 Å². The minimum absolute atomic E-state index is 0.235. The first-order chi connectivity index (χ1) is 24.2. The fraction of sp³-hybridized carbons (Fsp3) is 0.217. The van der Waals surface area contributed by atoms with Crippen LogP contribution < -0.4 is 4.90 Å². The number of halogens is 1. The second-order valence-corrected chi connectivity index (χ2v) is 14.6. The normalized spacial score (nSPS) is 21.1. The highest BCUT2D eigenvalue weighted by molar-refractivity contribution is 6.16. The van der Waals surface area contributed by atoms with Crippen molar-refractivity contribution in [1.29, 1.82) is 0 Å². The third kappa shape index (κ3) is 4.66. The Morgan fingerprint density at radius 3 is 2.14 bits per heavy atom. The average Bonchev–Trinajstić information content (AvgIpc) is 3.65. The number of hydrogen-bond donors (Lipinski definition) is 0. The molecule has 10 rings (SSSR count). The topological polar surface area (TPSA) is 8.17 Å². The first-order valence-electron chi connectivity index (χ1n) is 18.1. The summed E-state index contributed by atoms with van der Waals surface area (Å²) in [6.07, 6.45) is 8.26. The molecule has 3 heteroatoms. The molecule has 3 unspecified atom stereocenters. The summed E-state index contributed by atoms with van der Waals surface area (Å²) < 4.78 is 17.5. The molecule has 3 aliphatic rings. The summed E-state index contributed by atoms with van der Waals surface area (Å²) in [7, 11) is 0. The van der Waals surface area contributed by atoms with E-state index in [0.29, 0.717) is 11.8 Å². The fourth-order valence-corrected chi connectivity index (χ4v) is 10.0. The Morgan fingerprint density at radius 2 is 1.29 bits per heavy atom. The molecule has 0 spiro atoms. The second kappa shape index (κ2) is 11.5. The van der Waals surface area contributed by atoms with Gasteiger partial charge in [0.05, 0.1) is 16.7 Å². The third-order valence-electron chi connectivity index (χ3n) is 11.8. The Balaban J connectivity index is 1.20. The van der Waals surface area contributed by atoms with Crippen molar-refractivity contribution in [3.05, 3.63) is 156 Å². The van der Waals surface area contributed by atoms with Gasteiger partial charge in [0.1, 0.15) is 5.82 Å². The lowest BCUT2D eigenvalue weighted by Gasteiger charge is -2.42. The molecule has 6 aromatic carbocycles. The van der Waals surface area contributed by atoms with E-state index in [0.717, 1.165) is 51.0 Å². The lowest BCUT2D eigenvalue weighted by molar-refractivity contribution is 0.129. The van der Waals surface area contributed by atoms with E-state index < -0.39 is 0 Å². The summed E-state index contributed by atoms with van der Waals surface area (Å²) in [5.74, 6) is 2.53. The molecule has 240 valence electrons. The molecule has 0 N–H and O–H groups in total. The lowest BCUT2D eigenvalue weighted by Crippen LogP contribution is -2.30. The van der Waals surface area contributed by atoms with E-state index in [2.05, 4.69) is 125 Å². The third-order valence-corrected chi connectivity index (χ3v) is 11.8. The van der Waals surface area contributed by atoms with Crippen molar-refractivity contribution in [2.75, 3.05) is 4.90 Å². The molecule has 3 atom stereocenters. The van der Waals surface area contributed by atoms with Crippen molar-refractivity contribution in [3.63, 3.8) is 0 Å². The van der Waals surface area contributed by atoms with Crippen LogP contribution in [-0.4, -0.2) is 4.57 Å². The highest BCUT2D eigenvalue weighted by Crippen LogP contribution is 2.56. The molecular formula is C46H39FN2. The van der Waals surface area contributed by atoms with Crippen LogP contribution in [0.15, 0.2) is 140 Å². The number of para-hydroxylation sites is 2. The summed E-state index contributed by atoms with van der Waals surface area (Å²) in [6.45, 7) is 0. The smallest absolute Gasteiger partial charge is 0.125 e. The highest BCUT2D eigenvalue weighted by atomic mass is 19.1. The van der Waals surface area contributed by atoms with E-state index >= 15 is 4.39 Å². The van der Waals surface area contributed by atoms with Crippen LogP contribution in [0.25, 0.3) is 38.6 Å². The van der Waals surface area contributed by atoms with Crippen LogP contribution in [0.3, 0.4) is 0 Å². The molecule has 1 aromatic heterocycles. The van der Waals surface area contributed by atoms with Gasteiger partial charge in [-0.25, -0.2) is 4.39 Å². The number of hydrogen-bond acceptors (Lipinski definition) is 1. The number of rotatable bonds is 5. The van der Waals surface area contributed by atoms with Crippen molar-refractivity contribution in [2.45, 2.75) is 44.4 Å². The molecule has 2 nitrogen and oxygen atoms in total. The lowest BCUT2D eigenvalue weighted by atomic mass is 9.63. The summed E-state index contributed by atoms with van der Waals surface area (Å²) >= 11 is 0. The van der Waals surface area contributed by atoms with E-state index in [1.54, 1.807) is 12.1 Å². The molecule has 2 fully saturated rings. The van der Waals surface area contributed by atoms with Gasteiger partial charge in [-0.1, -0.05) is 98.1 Å². The standard InChI is InChI=1S/C46H39FN2/c47-33-13-9-16-35(28-33)48(43-21-10-22-44-46(43)40-19-6-7-20-42(40)49(44)34-14-2-1-3-15-34)36-23-24-38-37-17-4-5-18-39(37)45(41(38)29-36)32-26-30-11-8-12-31(25-30)27-32/h1-7,9-10,13-24,28-32,45H,8,11-12,25-27H2. The zero-order valence-corrected chi connectivity index (χ0v) is 27.6. The van der Waals surface area contributed by atoms with Crippen molar-refractivity contribution >= 4 is 38.9 Å². The summed E-state index contributed by atoms with van der Waals surface area (Å²) in [6, 6.07) is 49.1. The van der Waals surface area contributed by atoms with Crippen LogP contribution in [0.2, 0.25) is 0 Å². The van der Waals surface area contributed by atoms with E-state index in [-0.39, 0.29) is 5.82 Å². The minimum atomic E-state index is -0.235. The van der Waals surface area contributed by atoms with Crippen molar-refractivity contribution in [2.24, 2.45) is 17.8 Å². The highest BCUT2D eigenvalue weighted by Gasteiger charge is 2.41. The number of anilines is 3. The van der Waals surface area contributed by atoms with Gasteiger partial charge >= 0.3 is 0 Å². The SMILES string of the molecule is Fc1cccc(N(c2ccc3c(c2)C(C2CC4CCCC(C4)C2)c2ccccc2-3)c2cccc3c2c2ccccc2n3-c2ccccc2)c1. The summed E-state index contributed by atoms with van der Waals surface area (Å²) in [5, 5.41) is 2.34. The Kier molecular flexibility index (Phi) is 6.75. The molecule has 0 saturated heterocycles. The van der Waals surface area contributed by atoms with E-state index in [1.165, 1.54) is 66.2 Å². The fourth-order valence-electron chi connectivity index (χ4n) is 10.0. The molecule has 1 heterocycles. The maximum absolute atomic E-state index is 15.1. The first kappa shape index (κ1) is 28.8. The monoisotopic (exact) mass is 638 g/mol. The molecule has 7 aromatic rings. The van der Waals surface area contributed by atoms with Crippen LogP contribution in [0.4, 0.5) is 21.5 Å². The van der Waals surface area contributed by atoms with Crippen molar-refractivity contribution in [1.82, 2.24) is 4.57 Å². The number of aromatic nitrogens is 1. The van der Waals surface area contributed by atoms with Crippen LogP contribution >= 0.6 is 0 Å². The maximum Gasteiger partial charge on any atom is 0.125 e. The van der Waals surface area contributed by atoms with Gasteiger partial charge in [0, 0.05) is 33.8 Å². The van der Waals surface area contributed by atoms with Gasteiger partial charge in [-0.2, -0.15) is 0 Å². The minimum Gasteiger partial charge on any atom is -0.310 e. The van der Waals surface area contributed by atoms with Crippen LogP contribution in [0.1, 0.15) is 55.6 Å². The molecule has 0 radical (unpaired) electrons. The largest absolute Gasteiger partial charge is 0.310 e. The van der Waals surface area contributed by atoms with Gasteiger partial charge in [-0.3, -0.25) is 0 Å². The molecular weight excluding hydrogens is 600 g/mol. The quantitative estimate of drug-likeness (QED) is 0.182. The Bertz CT molecular complexity index is 2340. The van der Waals surface area contributed by atoms with Gasteiger partial charge in [0.15, 0.2) is 0 Å². The van der Waals surface area contributed by atoms with Gasteiger partial charge in [-0.05, 0) is 120 Å². The van der Waals surface area contributed by atoms with Crippen molar-refractivity contribution < 1.29 is 4.39 Å². The van der Waals surface area contributed by atoms with Gasteiger partial charge in [0.2, 0.25) is 0 Å². The van der Waals surface area contributed by atoms with Gasteiger partial charge < -0.3 is 9.47 Å². The Morgan fingerprint density at radius 1 is 0.571 bits per heavy atom. The van der Waals surface area contributed by atoms with E-state index in [4.69, 9.17) is 0 Å². The molecule has 2 bridgehead atoms. The van der Waals surface area contributed by atoms with Crippen molar-refractivity contribution in [3.8, 4) is 16.8 Å².